The lowest BCUT2D eigenvalue weighted by Crippen LogP contribution is -2.33. The average molecular weight is 501 g/mol. The van der Waals surface area contributed by atoms with Gasteiger partial charge in [0.2, 0.25) is 0 Å². The zero-order chi connectivity index (χ0) is 24.2. The summed E-state index contributed by atoms with van der Waals surface area (Å²) in [4.78, 5) is 34.6. The van der Waals surface area contributed by atoms with Crippen molar-refractivity contribution in [2.45, 2.75) is 12.5 Å². The second-order valence-electron chi connectivity index (χ2n) is 8.01. The summed E-state index contributed by atoms with van der Waals surface area (Å²) in [6.45, 7) is 1.45. The summed E-state index contributed by atoms with van der Waals surface area (Å²) in [5.74, 6) is 0.451. The number of ether oxygens (including phenoxy) is 1. The van der Waals surface area contributed by atoms with Crippen LogP contribution >= 0.6 is 22.9 Å². The van der Waals surface area contributed by atoms with Crippen molar-refractivity contribution in [1.82, 2.24) is 9.88 Å². The molecule has 8 nitrogen and oxygen atoms in total. The van der Waals surface area contributed by atoms with Crippen LogP contribution in [0.15, 0.2) is 54.0 Å². The number of likely N-dealkylation sites (N-methyl/N-ethyl adjacent to an activating group) is 1. The van der Waals surface area contributed by atoms with Gasteiger partial charge < -0.3 is 24.5 Å². The Kier molecular flexibility index (Phi) is 7.23. The molecule has 0 bridgehead atoms. The highest BCUT2D eigenvalue weighted by atomic mass is 35.5. The number of thiophene rings is 1. The minimum absolute atomic E-state index is 0.154. The Labute approximate surface area is 206 Å². The molecule has 3 heterocycles. The molecule has 10 heteroatoms. The molecule has 34 heavy (non-hydrogen) atoms. The molecular weight excluding hydrogens is 476 g/mol. The molecule has 0 saturated carbocycles. The van der Waals surface area contributed by atoms with Crippen LogP contribution in [0.1, 0.15) is 27.8 Å². The van der Waals surface area contributed by atoms with E-state index < -0.39 is 6.09 Å². The first-order chi connectivity index (χ1) is 16.3. The van der Waals surface area contributed by atoms with E-state index in [1.165, 1.54) is 18.1 Å². The predicted octanol–water partition coefficient (Wildman–Crippen LogP) is 5.01. The molecule has 178 valence electrons. The van der Waals surface area contributed by atoms with Gasteiger partial charge in [-0.3, -0.25) is 4.79 Å². The number of rotatable bonds is 7. The van der Waals surface area contributed by atoms with Gasteiger partial charge in [0, 0.05) is 63.0 Å². The number of pyridine rings is 1. The van der Waals surface area contributed by atoms with Gasteiger partial charge >= 0.3 is 6.09 Å². The zero-order valence-corrected chi connectivity index (χ0v) is 20.4. The molecule has 2 aromatic heterocycles. The molecule has 0 radical (unpaired) electrons. The predicted molar refractivity (Wildman–Crippen MR) is 134 cm³/mol. The minimum Gasteiger partial charge on any atom is -0.485 e. The molecule has 0 spiro atoms. The van der Waals surface area contributed by atoms with Crippen molar-refractivity contribution in [2.75, 3.05) is 43.5 Å². The summed E-state index contributed by atoms with van der Waals surface area (Å²) in [7, 11) is 3.46. The molecule has 1 aliphatic heterocycles. The molecular formula is C24H25ClN4O4S. The lowest BCUT2D eigenvalue weighted by Gasteiger charge is -2.24. The summed E-state index contributed by atoms with van der Waals surface area (Å²) in [6.07, 6.45) is 0.726. The number of benzene rings is 1. The van der Waals surface area contributed by atoms with Crippen molar-refractivity contribution in [3.8, 4) is 5.75 Å². The maximum absolute atomic E-state index is 13.4. The standard InChI is InChI=1S/C24H25ClN4O4S/c1-27-10-11-29(23(30)18-15-26-22(25)14-19(18)27)16-5-3-6-17(13-16)33-20(21-7-4-12-34-21)8-9-28(2)24(31)32/h3-7,12-15,20H,8-11H2,1-2H3,(H,31,32)/t20-/m0/s1. The number of amides is 2. The maximum atomic E-state index is 13.4. The van der Waals surface area contributed by atoms with E-state index in [9.17, 15) is 14.7 Å². The molecule has 1 aliphatic rings. The van der Waals surface area contributed by atoms with Crippen molar-refractivity contribution in [3.63, 3.8) is 0 Å². The number of carbonyl (C=O) groups excluding carboxylic acids is 1. The summed E-state index contributed by atoms with van der Waals surface area (Å²) >= 11 is 7.62. The molecule has 1 atom stereocenters. The third-order valence-corrected chi connectivity index (χ3v) is 6.89. The van der Waals surface area contributed by atoms with Crippen LogP contribution in [0, 0.1) is 0 Å². The second kappa shape index (κ2) is 10.3. The van der Waals surface area contributed by atoms with Crippen molar-refractivity contribution < 1.29 is 19.4 Å². The Balaban J connectivity index is 1.57. The van der Waals surface area contributed by atoms with Crippen molar-refractivity contribution in [1.29, 1.82) is 0 Å². The van der Waals surface area contributed by atoms with Crippen LogP contribution in [0.4, 0.5) is 16.2 Å². The van der Waals surface area contributed by atoms with Gasteiger partial charge in [0.25, 0.3) is 5.91 Å². The Bertz CT molecular complexity index is 1170. The number of carboxylic acid groups (broad SMARTS) is 1. The van der Waals surface area contributed by atoms with Crippen LogP contribution in [-0.4, -0.2) is 60.7 Å². The van der Waals surface area contributed by atoms with Crippen LogP contribution < -0.4 is 14.5 Å². The first-order valence-corrected chi connectivity index (χ1v) is 12.0. The Hall–Kier alpha value is -3.30. The van der Waals surface area contributed by atoms with Gasteiger partial charge in [0.1, 0.15) is 17.0 Å². The molecule has 0 saturated heterocycles. The van der Waals surface area contributed by atoms with Crippen LogP contribution in [0.5, 0.6) is 5.75 Å². The topological polar surface area (TPSA) is 86.2 Å². The highest BCUT2D eigenvalue weighted by Gasteiger charge is 2.27. The molecule has 4 rings (SSSR count). The first kappa shape index (κ1) is 23.8. The van der Waals surface area contributed by atoms with E-state index >= 15 is 0 Å². The maximum Gasteiger partial charge on any atom is 0.407 e. The van der Waals surface area contributed by atoms with Crippen LogP contribution in [-0.2, 0) is 0 Å². The number of hydrogen-bond acceptors (Lipinski definition) is 6. The summed E-state index contributed by atoms with van der Waals surface area (Å²) < 4.78 is 6.31. The summed E-state index contributed by atoms with van der Waals surface area (Å²) in [6, 6.07) is 13.0. The third-order valence-electron chi connectivity index (χ3n) is 5.72. The van der Waals surface area contributed by atoms with E-state index in [0.717, 1.165) is 10.6 Å². The Morgan fingerprint density at radius 3 is 2.85 bits per heavy atom. The smallest absolute Gasteiger partial charge is 0.407 e. The van der Waals surface area contributed by atoms with Gasteiger partial charge in [-0.05, 0) is 29.6 Å². The molecule has 3 aromatic rings. The molecule has 0 fully saturated rings. The van der Waals surface area contributed by atoms with Crippen molar-refractivity contribution in [2.24, 2.45) is 0 Å². The van der Waals surface area contributed by atoms with E-state index in [2.05, 4.69) is 4.98 Å². The number of fused-ring (bicyclic) bond motifs is 1. The highest BCUT2D eigenvalue weighted by Crippen LogP contribution is 2.33. The van der Waals surface area contributed by atoms with Gasteiger partial charge in [-0.15, -0.1) is 11.3 Å². The van der Waals surface area contributed by atoms with Gasteiger partial charge in [-0.25, -0.2) is 9.78 Å². The Morgan fingerprint density at radius 2 is 2.12 bits per heavy atom. The highest BCUT2D eigenvalue weighted by molar-refractivity contribution is 7.10. The minimum atomic E-state index is -0.979. The monoisotopic (exact) mass is 500 g/mol. The van der Waals surface area contributed by atoms with Gasteiger partial charge in [-0.1, -0.05) is 23.7 Å². The van der Waals surface area contributed by atoms with Gasteiger partial charge in [-0.2, -0.15) is 0 Å². The number of aromatic nitrogens is 1. The van der Waals surface area contributed by atoms with Crippen LogP contribution in [0.25, 0.3) is 0 Å². The third kappa shape index (κ3) is 5.26. The second-order valence-corrected chi connectivity index (χ2v) is 9.38. The van der Waals surface area contributed by atoms with Gasteiger partial charge in [0.15, 0.2) is 0 Å². The van der Waals surface area contributed by atoms with Gasteiger partial charge in [0.05, 0.1) is 11.3 Å². The molecule has 1 N–H and O–H groups in total. The molecule has 2 amide bonds. The van der Waals surface area contributed by atoms with Crippen LogP contribution in [0.2, 0.25) is 5.15 Å². The average Bonchev–Trinajstić information content (AvgIpc) is 3.32. The van der Waals surface area contributed by atoms with Crippen molar-refractivity contribution in [3.05, 3.63) is 69.6 Å². The fourth-order valence-corrected chi connectivity index (χ4v) is 4.74. The number of halogens is 1. The van der Waals surface area contributed by atoms with E-state index in [4.69, 9.17) is 16.3 Å². The van der Waals surface area contributed by atoms with E-state index in [0.29, 0.717) is 48.2 Å². The van der Waals surface area contributed by atoms with E-state index in [1.54, 1.807) is 22.3 Å². The molecule has 0 unspecified atom stereocenters. The summed E-state index contributed by atoms with van der Waals surface area (Å²) in [5, 5.41) is 11.5. The lowest BCUT2D eigenvalue weighted by molar-refractivity contribution is 0.0989. The normalized spacial score (nSPS) is 14.4. The largest absolute Gasteiger partial charge is 0.485 e. The van der Waals surface area contributed by atoms with Crippen LogP contribution in [0.3, 0.4) is 0 Å². The number of nitrogens with zero attached hydrogens (tertiary/aromatic N) is 4. The first-order valence-electron chi connectivity index (χ1n) is 10.8. The number of hydrogen-bond donors (Lipinski definition) is 1. The van der Waals surface area contributed by atoms with E-state index in [-0.39, 0.29) is 12.0 Å². The quantitative estimate of drug-likeness (QED) is 0.459. The SMILES string of the molecule is CN(CC[C@H](Oc1cccc(N2CCN(C)c3cc(Cl)ncc3C2=O)c1)c1cccs1)C(=O)O. The number of anilines is 2. The fourth-order valence-electron chi connectivity index (χ4n) is 3.79. The Morgan fingerprint density at radius 1 is 1.29 bits per heavy atom. The fraction of sp³-hybridized carbons (Fsp3) is 0.292. The molecule has 1 aromatic carbocycles. The lowest BCUT2D eigenvalue weighted by atomic mass is 10.2. The van der Waals surface area contributed by atoms with E-state index in [1.807, 2.05) is 53.7 Å². The zero-order valence-electron chi connectivity index (χ0n) is 18.8. The van der Waals surface area contributed by atoms with Crippen molar-refractivity contribution >= 4 is 46.3 Å². The summed E-state index contributed by atoms with van der Waals surface area (Å²) in [5.41, 5.74) is 1.95. The molecule has 0 aliphatic carbocycles. The number of carbonyl (C=O) groups is 2.